The van der Waals surface area contributed by atoms with E-state index in [2.05, 4.69) is 5.32 Å². The van der Waals surface area contributed by atoms with Gasteiger partial charge in [-0.05, 0) is 49.3 Å². The highest BCUT2D eigenvalue weighted by atomic mass is 19.1. The molecule has 2 aliphatic rings. The van der Waals surface area contributed by atoms with Gasteiger partial charge in [-0.1, -0.05) is 0 Å². The third kappa shape index (κ3) is 3.52. The third-order valence-corrected chi connectivity index (χ3v) is 4.39. The van der Waals surface area contributed by atoms with E-state index in [0.29, 0.717) is 43.6 Å². The van der Waals surface area contributed by atoms with Gasteiger partial charge in [0.25, 0.3) is 0 Å². The summed E-state index contributed by atoms with van der Waals surface area (Å²) in [6.07, 6.45) is 3.89. The van der Waals surface area contributed by atoms with Crippen molar-refractivity contribution in [1.29, 1.82) is 0 Å². The standard InChI is InChI=1S/C16H22F2N2O/c17-14-7-12(9-19-13-1-2-13)8-15(18)16(14)20-5-3-11(10-20)4-6-21/h7-8,11,13,19,21H,1-6,9-10H2. The molecular weight excluding hydrogens is 274 g/mol. The highest BCUT2D eigenvalue weighted by Crippen LogP contribution is 2.31. The number of aliphatic hydroxyl groups is 1. The van der Waals surface area contributed by atoms with Gasteiger partial charge in [-0.2, -0.15) is 0 Å². The van der Waals surface area contributed by atoms with E-state index in [-0.39, 0.29) is 12.3 Å². The first kappa shape index (κ1) is 14.7. The summed E-state index contributed by atoms with van der Waals surface area (Å²) in [6.45, 7) is 1.92. The molecule has 1 aliphatic carbocycles. The summed E-state index contributed by atoms with van der Waals surface area (Å²) in [6, 6.07) is 3.40. The smallest absolute Gasteiger partial charge is 0.149 e. The SMILES string of the molecule is OCCC1CCN(c2c(F)cc(CNC3CC3)cc2F)C1. The zero-order chi connectivity index (χ0) is 14.8. The molecule has 1 aliphatic heterocycles. The minimum Gasteiger partial charge on any atom is -0.396 e. The number of nitrogens with zero attached hydrogens (tertiary/aromatic N) is 1. The molecule has 2 fully saturated rings. The summed E-state index contributed by atoms with van der Waals surface area (Å²) >= 11 is 0. The van der Waals surface area contributed by atoms with E-state index in [4.69, 9.17) is 5.11 Å². The van der Waals surface area contributed by atoms with Crippen LogP contribution in [-0.4, -0.2) is 30.8 Å². The number of anilines is 1. The Labute approximate surface area is 124 Å². The molecule has 1 atom stereocenters. The largest absolute Gasteiger partial charge is 0.396 e. The average Bonchev–Trinajstić information content (AvgIpc) is 3.16. The fourth-order valence-corrected chi connectivity index (χ4v) is 3.03. The second kappa shape index (κ2) is 6.28. The summed E-state index contributed by atoms with van der Waals surface area (Å²) in [5, 5.41) is 12.2. The van der Waals surface area contributed by atoms with Crippen LogP contribution in [-0.2, 0) is 6.54 Å². The lowest BCUT2D eigenvalue weighted by atomic mass is 10.1. The molecule has 0 aromatic heterocycles. The molecule has 5 heteroatoms. The number of rotatable bonds is 6. The average molecular weight is 296 g/mol. The number of nitrogens with one attached hydrogen (secondary N) is 1. The summed E-state index contributed by atoms with van der Waals surface area (Å²) in [5.41, 5.74) is 0.748. The fraction of sp³-hybridized carbons (Fsp3) is 0.625. The van der Waals surface area contributed by atoms with Crippen molar-refractivity contribution in [2.75, 3.05) is 24.6 Å². The molecule has 1 saturated heterocycles. The van der Waals surface area contributed by atoms with Gasteiger partial charge in [-0.3, -0.25) is 0 Å². The molecule has 1 unspecified atom stereocenters. The van der Waals surface area contributed by atoms with E-state index in [0.717, 1.165) is 19.3 Å². The second-order valence-corrected chi connectivity index (χ2v) is 6.18. The van der Waals surface area contributed by atoms with Crippen molar-refractivity contribution >= 4 is 5.69 Å². The number of hydrogen-bond acceptors (Lipinski definition) is 3. The summed E-state index contributed by atoms with van der Waals surface area (Å²) in [4.78, 5) is 1.77. The molecule has 1 heterocycles. The minimum atomic E-state index is -0.479. The van der Waals surface area contributed by atoms with E-state index in [9.17, 15) is 8.78 Å². The van der Waals surface area contributed by atoms with E-state index >= 15 is 0 Å². The Morgan fingerprint density at radius 2 is 1.90 bits per heavy atom. The van der Waals surface area contributed by atoms with Crippen molar-refractivity contribution in [3.8, 4) is 0 Å². The molecule has 21 heavy (non-hydrogen) atoms. The van der Waals surface area contributed by atoms with Crippen molar-refractivity contribution < 1.29 is 13.9 Å². The van der Waals surface area contributed by atoms with Crippen molar-refractivity contribution in [3.63, 3.8) is 0 Å². The second-order valence-electron chi connectivity index (χ2n) is 6.18. The number of hydrogen-bond donors (Lipinski definition) is 2. The van der Waals surface area contributed by atoms with Crippen LogP contribution in [0.15, 0.2) is 12.1 Å². The Morgan fingerprint density at radius 3 is 2.52 bits per heavy atom. The molecule has 2 N–H and O–H groups in total. The molecule has 1 aromatic rings. The molecule has 0 spiro atoms. The number of aliphatic hydroxyl groups excluding tert-OH is 1. The van der Waals surface area contributed by atoms with Crippen LogP contribution in [0.4, 0.5) is 14.5 Å². The summed E-state index contributed by atoms with van der Waals surface area (Å²) < 4.78 is 28.5. The van der Waals surface area contributed by atoms with Gasteiger partial charge in [0.05, 0.1) is 0 Å². The van der Waals surface area contributed by atoms with E-state index in [1.165, 1.54) is 12.1 Å². The Bertz CT molecular complexity index is 482. The first-order valence-corrected chi connectivity index (χ1v) is 7.74. The maximum Gasteiger partial charge on any atom is 0.149 e. The van der Waals surface area contributed by atoms with Gasteiger partial charge in [-0.25, -0.2) is 8.78 Å². The van der Waals surface area contributed by atoms with E-state index in [1.54, 1.807) is 4.90 Å². The van der Waals surface area contributed by atoms with Crippen LogP contribution < -0.4 is 10.2 Å². The van der Waals surface area contributed by atoms with Crippen LogP contribution in [0.5, 0.6) is 0 Å². The Kier molecular flexibility index (Phi) is 4.40. The van der Waals surface area contributed by atoms with E-state index in [1.807, 2.05) is 0 Å². The highest BCUT2D eigenvalue weighted by molar-refractivity contribution is 5.51. The van der Waals surface area contributed by atoms with Gasteiger partial charge >= 0.3 is 0 Å². The first-order chi connectivity index (χ1) is 10.2. The maximum absolute atomic E-state index is 14.3. The first-order valence-electron chi connectivity index (χ1n) is 7.74. The fourth-order valence-electron chi connectivity index (χ4n) is 3.03. The van der Waals surface area contributed by atoms with Crippen molar-refractivity contribution in [3.05, 3.63) is 29.3 Å². The van der Waals surface area contributed by atoms with Crippen LogP contribution in [0.1, 0.15) is 31.2 Å². The number of halogens is 2. The Hall–Kier alpha value is -1.20. The van der Waals surface area contributed by atoms with Crippen LogP contribution in [0, 0.1) is 17.6 Å². The predicted molar refractivity (Wildman–Crippen MR) is 78.2 cm³/mol. The third-order valence-electron chi connectivity index (χ3n) is 4.39. The Balaban J connectivity index is 1.70. The van der Waals surface area contributed by atoms with Crippen LogP contribution >= 0.6 is 0 Å². The van der Waals surface area contributed by atoms with Crippen molar-refractivity contribution in [2.24, 2.45) is 5.92 Å². The van der Waals surface area contributed by atoms with Gasteiger partial charge in [-0.15, -0.1) is 0 Å². The topological polar surface area (TPSA) is 35.5 Å². The minimum absolute atomic E-state index is 0.0885. The van der Waals surface area contributed by atoms with Crippen molar-refractivity contribution in [1.82, 2.24) is 5.32 Å². The van der Waals surface area contributed by atoms with Crippen LogP contribution in [0.3, 0.4) is 0 Å². The summed E-state index contributed by atoms with van der Waals surface area (Å²) in [7, 11) is 0. The molecule has 3 rings (SSSR count). The molecule has 0 bridgehead atoms. The lowest BCUT2D eigenvalue weighted by Crippen LogP contribution is -2.23. The quantitative estimate of drug-likeness (QED) is 0.846. The zero-order valence-corrected chi connectivity index (χ0v) is 12.1. The Morgan fingerprint density at radius 1 is 1.19 bits per heavy atom. The normalized spacial score (nSPS) is 22.0. The zero-order valence-electron chi connectivity index (χ0n) is 12.1. The van der Waals surface area contributed by atoms with Crippen molar-refractivity contribution in [2.45, 2.75) is 38.3 Å². The molecular formula is C16H22F2N2O. The summed E-state index contributed by atoms with van der Waals surface area (Å²) in [5.74, 6) is -0.635. The molecule has 0 amide bonds. The monoisotopic (exact) mass is 296 g/mol. The van der Waals surface area contributed by atoms with Crippen LogP contribution in [0.25, 0.3) is 0 Å². The molecule has 116 valence electrons. The van der Waals surface area contributed by atoms with Crippen LogP contribution in [0.2, 0.25) is 0 Å². The van der Waals surface area contributed by atoms with Gasteiger partial charge in [0.1, 0.15) is 17.3 Å². The maximum atomic E-state index is 14.3. The molecule has 1 aromatic carbocycles. The lowest BCUT2D eigenvalue weighted by molar-refractivity contribution is 0.263. The molecule has 0 radical (unpaired) electrons. The van der Waals surface area contributed by atoms with Gasteiger partial charge in [0, 0.05) is 32.3 Å². The molecule has 3 nitrogen and oxygen atoms in total. The van der Waals surface area contributed by atoms with Gasteiger partial charge in [0.2, 0.25) is 0 Å². The highest BCUT2D eigenvalue weighted by Gasteiger charge is 2.27. The van der Waals surface area contributed by atoms with Gasteiger partial charge in [0.15, 0.2) is 0 Å². The number of benzene rings is 1. The lowest BCUT2D eigenvalue weighted by Gasteiger charge is -2.21. The predicted octanol–water partition coefficient (Wildman–Crippen LogP) is 2.43. The molecule has 1 saturated carbocycles. The van der Waals surface area contributed by atoms with E-state index < -0.39 is 11.6 Å². The van der Waals surface area contributed by atoms with Gasteiger partial charge < -0.3 is 15.3 Å².